The van der Waals surface area contributed by atoms with Crippen LogP contribution in [0.15, 0.2) is 29.0 Å². The summed E-state index contributed by atoms with van der Waals surface area (Å²) in [4.78, 5) is 8.47. The lowest BCUT2D eigenvalue weighted by molar-refractivity contribution is 0.630. The molecule has 0 saturated carbocycles. The van der Waals surface area contributed by atoms with Gasteiger partial charge in [-0.1, -0.05) is 29.8 Å². The van der Waals surface area contributed by atoms with Gasteiger partial charge < -0.3 is 5.32 Å². The third-order valence-electron chi connectivity index (χ3n) is 2.88. The Labute approximate surface area is 120 Å². The summed E-state index contributed by atoms with van der Waals surface area (Å²) in [5.74, 6) is 0.641. The zero-order valence-electron chi connectivity index (χ0n) is 11.0. The smallest absolute Gasteiger partial charge is 0.133 e. The Balaban J connectivity index is 2.71. The maximum Gasteiger partial charge on any atom is 0.133 e. The van der Waals surface area contributed by atoms with Crippen molar-refractivity contribution < 1.29 is 4.39 Å². The highest BCUT2D eigenvalue weighted by Crippen LogP contribution is 2.34. The molecule has 1 aromatic carbocycles. The van der Waals surface area contributed by atoms with Gasteiger partial charge in [0.15, 0.2) is 0 Å². The van der Waals surface area contributed by atoms with Crippen LogP contribution in [0.2, 0.25) is 0 Å². The number of nitrogens with one attached hydrogen (secondary N) is 1. The van der Waals surface area contributed by atoms with Crippen molar-refractivity contribution in [3.8, 4) is 11.3 Å². The molecular formula is C14H15BrFN3. The molecule has 3 nitrogen and oxygen atoms in total. The molecule has 0 atom stereocenters. The van der Waals surface area contributed by atoms with E-state index in [0.717, 1.165) is 15.9 Å². The van der Waals surface area contributed by atoms with E-state index in [1.807, 2.05) is 13.8 Å². The zero-order valence-corrected chi connectivity index (χ0v) is 12.6. The third-order valence-corrected chi connectivity index (χ3v) is 3.37. The number of hydrogen-bond acceptors (Lipinski definition) is 3. The molecule has 0 spiro atoms. The fraction of sp³-hybridized carbons (Fsp3) is 0.286. The van der Waals surface area contributed by atoms with E-state index >= 15 is 0 Å². The molecule has 0 aliphatic heterocycles. The zero-order chi connectivity index (χ0) is 14.0. The molecule has 19 heavy (non-hydrogen) atoms. The van der Waals surface area contributed by atoms with Gasteiger partial charge in [0.25, 0.3) is 0 Å². The van der Waals surface area contributed by atoms with Gasteiger partial charge in [0.05, 0.1) is 5.69 Å². The van der Waals surface area contributed by atoms with Gasteiger partial charge in [-0.15, -0.1) is 0 Å². The quantitative estimate of drug-likeness (QED) is 0.919. The topological polar surface area (TPSA) is 37.8 Å². The molecule has 2 rings (SSSR count). The molecule has 0 saturated heterocycles. The summed E-state index contributed by atoms with van der Waals surface area (Å²) in [5, 5.41) is 3.04. The molecule has 1 heterocycles. The first-order valence-electron chi connectivity index (χ1n) is 6.02. The van der Waals surface area contributed by atoms with Crippen LogP contribution >= 0.6 is 15.9 Å². The summed E-state index contributed by atoms with van der Waals surface area (Å²) < 4.78 is 14.9. The van der Waals surface area contributed by atoms with E-state index in [0.29, 0.717) is 11.3 Å². The normalized spacial score (nSPS) is 10.8. The predicted octanol–water partition coefficient (Wildman–Crippen LogP) is 4.21. The van der Waals surface area contributed by atoms with E-state index in [4.69, 9.17) is 0 Å². The minimum atomic E-state index is -0.286. The van der Waals surface area contributed by atoms with Crippen molar-refractivity contribution >= 4 is 21.7 Å². The first-order chi connectivity index (χ1) is 9.04. The first kappa shape index (κ1) is 13.9. The molecule has 0 fully saturated rings. The van der Waals surface area contributed by atoms with Gasteiger partial charge in [-0.25, -0.2) is 14.4 Å². The summed E-state index contributed by atoms with van der Waals surface area (Å²) in [5.41, 5.74) is 2.03. The van der Waals surface area contributed by atoms with Crippen LogP contribution in [0.1, 0.15) is 25.3 Å². The molecular weight excluding hydrogens is 309 g/mol. The molecule has 100 valence electrons. The number of aromatic nitrogens is 2. The van der Waals surface area contributed by atoms with Crippen LogP contribution in [0.5, 0.6) is 0 Å². The fourth-order valence-corrected chi connectivity index (χ4v) is 2.40. The number of rotatable bonds is 3. The highest BCUT2D eigenvalue weighted by atomic mass is 79.9. The molecule has 0 amide bonds. The molecule has 0 radical (unpaired) electrons. The number of halogens is 2. The largest absolute Gasteiger partial charge is 0.373 e. The van der Waals surface area contributed by atoms with Crippen molar-refractivity contribution in [2.75, 3.05) is 12.4 Å². The van der Waals surface area contributed by atoms with Crippen LogP contribution in [0.25, 0.3) is 11.3 Å². The van der Waals surface area contributed by atoms with E-state index in [2.05, 4.69) is 31.2 Å². The number of benzene rings is 1. The second kappa shape index (κ2) is 5.65. The van der Waals surface area contributed by atoms with Crippen molar-refractivity contribution in [2.45, 2.75) is 19.8 Å². The summed E-state index contributed by atoms with van der Waals surface area (Å²) in [6, 6.07) is 4.85. The van der Waals surface area contributed by atoms with Gasteiger partial charge in [-0.2, -0.15) is 0 Å². The Bertz CT molecular complexity index is 599. The van der Waals surface area contributed by atoms with Gasteiger partial charge in [-0.05, 0) is 24.1 Å². The molecule has 5 heteroatoms. The van der Waals surface area contributed by atoms with Gasteiger partial charge in [0.1, 0.15) is 18.0 Å². The summed E-state index contributed by atoms with van der Waals surface area (Å²) in [6.45, 7) is 4.08. The van der Waals surface area contributed by atoms with E-state index in [1.165, 1.54) is 12.4 Å². The van der Waals surface area contributed by atoms with Gasteiger partial charge in [0.2, 0.25) is 0 Å². The average molecular weight is 324 g/mol. The molecule has 0 aliphatic carbocycles. The van der Waals surface area contributed by atoms with Crippen molar-refractivity contribution in [3.63, 3.8) is 0 Å². The summed E-state index contributed by atoms with van der Waals surface area (Å²) in [6.07, 6.45) is 1.45. The van der Waals surface area contributed by atoms with E-state index < -0.39 is 0 Å². The molecule has 0 aliphatic rings. The third kappa shape index (κ3) is 2.76. The SMILES string of the molecule is CNc1ncnc(-c2cc(Br)ccc2F)c1C(C)C. The lowest BCUT2D eigenvalue weighted by Gasteiger charge is -2.16. The van der Waals surface area contributed by atoms with Crippen molar-refractivity contribution in [1.82, 2.24) is 9.97 Å². The lowest BCUT2D eigenvalue weighted by atomic mass is 9.97. The van der Waals surface area contributed by atoms with Crippen molar-refractivity contribution in [2.24, 2.45) is 0 Å². The Morgan fingerprint density at radius 1 is 1.26 bits per heavy atom. The van der Waals surface area contributed by atoms with Crippen LogP contribution in [0.3, 0.4) is 0 Å². The second-order valence-electron chi connectivity index (χ2n) is 4.51. The van der Waals surface area contributed by atoms with Crippen LogP contribution in [0.4, 0.5) is 10.2 Å². The van der Waals surface area contributed by atoms with E-state index in [-0.39, 0.29) is 11.7 Å². The van der Waals surface area contributed by atoms with Crippen LogP contribution in [-0.2, 0) is 0 Å². The Morgan fingerprint density at radius 3 is 2.63 bits per heavy atom. The van der Waals surface area contributed by atoms with Crippen LogP contribution in [-0.4, -0.2) is 17.0 Å². The van der Waals surface area contributed by atoms with E-state index in [1.54, 1.807) is 19.2 Å². The van der Waals surface area contributed by atoms with Crippen molar-refractivity contribution in [1.29, 1.82) is 0 Å². The van der Waals surface area contributed by atoms with Crippen LogP contribution < -0.4 is 5.32 Å². The molecule has 2 aromatic rings. The summed E-state index contributed by atoms with van der Waals surface area (Å²) >= 11 is 3.37. The molecule has 1 N–H and O–H groups in total. The summed E-state index contributed by atoms with van der Waals surface area (Å²) in [7, 11) is 1.80. The maximum atomic E-state index is 14.0. The highest BCUT2D eigenvalue weighted by Gasteiger charge is 2.18. The maximum absolute atomic E-state index is 14.0. The minimum absolute atomic E-state index is 0.192. The number of anilines is 1. The lowest BCUT2D eigenvalue weighted by Crippen LogP contribution is -2.05. The average Bonchev–Trinajstić information content (AvgIpc) is 2.40. The Kier molecular flexibility index (Phi) is 4.14. The number of hydrogen-bond donors (Lipinski definition) is 1. The standard InChI is InChI=1S/C14H15BrFN3/c1-8(2)12-13(18-7-19-14(12)17-3)10-6-9(15)4-5-11(10)16/h4-8H,1-3H3,(H,17,18,19). The molecule has 1 aromatic heterocycles. The second-order valence-corrected chi connectivity index (χ2v) is 5.43. The minimum Gasteiger partial charge on any atom is -0.373 e. The Hall–Kier alpha value is -1.49. The highest BCUT2D eigenvalue weighted by molar-refractivity contribution is 9.10. The fourth-order valence-electron chi connectivity index (χ4n) is 2.04. The Morgan fingerprint density at radius 2 is 2.00 bits per heavy atom. The molecule has 0 bridgehead atoms. The van der Waals surface area contributed by atoms with Gasteiger partial charge in [-0.3, -0.25) is 0 Å². The van der Waals surface area contributed by atoms with Crippen molar-refractivity contribution in [3.05, 3.63) is 40.4 Å². The first-order valence-corrected chi connectivity index (χ1v) is 6.82. The predicted molar refractivity (Wildman–Crippen MR) is 78.8 cm³/mol. The monoisotopic (exact) mass is 323 g/mol. The van der Waals surface area contributed by atoms with E-state index in [9.17, 15) is 4.39 Å². The van der Waals surface area contributed by atoms with Gasteiger partial charge >= 0.3 is 0 Å². The number of nitrogens with zero attached hydrogens (tertiary/aromatic N) is 2. The van der Waals surface area contributed by atoms with Gasteiger partial charge in [0, 0.05) is 22.6 Å². The molecule has 0 unspecified atom stereocenters. The van der Waals surface area contributed by atoms with Crippen LogP contribution in [0, 0.1) is 5.82 Å².